The fraction of sp³-hybridized carbons (Fsp3) is 0.172. The first kappa shape index (κ1) is 20.9. The maximum Gasteiger partial charge on any atom is 0.237 e. The summed E-state index contributed by atoms with van der Waals surface area (Å²) in [6.45, 7) is 13.9. The fourth-order valence-corrected chi connectivity index (χ4v) is 4.59. The molecule has 0 N–H and O–H groups in total. The zero-order valence-electron chi connectivity index (χ0n) is 19.1. The molecular formula is C29H24FN2O+. The van der Waals surface area contributed by atoms with Crippen LogP contribution in [0.25, 0.3) is 49.2 Å². The van der Waals surface area contributed by atoms with E-state index in [-0.39, 0.29) is 11.7 Å². The minimum absolute atomic E-state index is 0.0889. The molecule has 0 unspecified atom stereocenters. The van der Waals surface area contributed by atoms with Crippen molar-refractivity contribution in [3.8, 4) is 22.4 Å². The summed E-state index contributed by atoms with van der Waals surface area (Å²) in [4.78, 5) is 3.85. The maximum absolute atomic E-state index is 15.0. The van der Waals surface area contributed by atoms with E-state index in [4.69, 9.17) is 11.0 Å². The lowest BCUT2D eigenvalue weighted by molar-refractivity contribution is -0.661. The van der Waals surface area contributed by atoms with Gasteiger partial charge in [0.1, 0.15) is 24.0 Å². The molecule has 0 saturated carbocycles. The Kier molecular flexibility index (Phi) is 4.98. The highest BCUT2D eigenvalue weighted by Gasteiger charge is 2.25. The van der Waals surface area contributed by atoms with Crippen LogP contribution in [-0.2, 0) is 7.05 Å². The molecule has 0 saturated heterocycles. The number of aromatic nitrogens is 1. The van der Waals surface area contributed by atoms with Crippen LogP contribution < -0.4 is 4.57 Å². The highest BCUT2D eigenvalue weighted by atomic mass is 19.1. The Morgan fingerprint density at radius 3 is 2.36 bits per heavy atom. The Balaban J connectivity index is 1.83. The second-order valence-electron chi connectivity index (χ2n) is 8.78. The van der Waals surface area contributed by atoms with E-state index in [0.717, 1.165) is 38.7 Å². The zero-order chi connectivity index (χ0) is 23.3. The molecule has 162 valence electrons. The third-order valence-corrected chi connectivity index (χ3v) is 6.32. The first-order valence-corrected chi connectivity index (χ1v) is 11.0. The number of benzene rings is 3. The molecule has 2 heterocycles. The van der Waals surface area contributed by atoms with E-state index in [2.05, 4.69) is 4.85 Å². The quantitative estimate of drug-likeness (QED) is 0.209. The van der Waals surface area contributed by atoms with Crippen molar-refractivity contribution in [1.82, 2.24) is 0 Å². The van der Waals surface area contributed by atoms with Gasteiger partial charge >= 0.3 is 0 Å². The van der Waals surface area contributed by atoms with Crippen molar-refractivity contribution < 1.29 is 13.4 Å². The number of rotatable bonds is 3. The average molecular weight is 436 g/mol. The number of halogens is 1. The van der Waals surface area contributed by atoms with Crippen molar-refractivity contribution >= 4 is 27.6 Å². The van der Waals surface area contributed by atoms with E-state index in [9.17, 15) is 4.39 Å². The van der Waals surface area contributed by atoms with Gasteiger partial charge in [-0.15, -0.1) is 0 Å². The summed E-state index contributed by atoms with van der Waals surface area (Å²) >= 11 is 0. The largest absolute Gasteiger partial charge is 0.466 e. The van der Waals surface area contributed by atoms with E-state index in [1.165, 1.54) is 0 Å². The van der Waals surface area contributed by atoms with Crippen molar-refractivity contribution in [3.05, 3.63) is 95.2 Å². The molecule has 0 atom stereocenters. The van der Waals surface area contributed by atoms with E-state index >= 15 is 0 Å². The molecule has 0 aliphatic carbocycles. The van der Waals surface area contributed by atoms with Crippen LogP contribution in [0.5, 0.6) is 0 Å². The van der Waals surface area contributed by atoms with Crippen molar-refractivity contribution in [1.29, 1.82) is 0 Å². The number of fused-ring (bicyclic) bond motifs is 3. The number of nitrogens with zero attached hydrogens (tertiary/aromatic N) is 2. The van der Waals surface area contributed by atoms with E-state index in [1.54, 1.807) is 6.07 Å². The van der Waals surface area contributed by atoms with Gasteiger partial charge in [0.25, 0.3) is 0 Å². The van der Waals surface area contributed by atoms with Crippen LogP contribution in [0.2, 0.25) is 0 Å². The Hall–Kier alpha value is -3.97. The van der Waals surface area contributed by atoms with Gasteiger partial charge in [0, 0.05) is 16.8 Å². The van der Waals surface area contributed by atoms with Crippen molar-refractivity contribution in [2.45, 2.75) is 26.7 Å². The number of pyridine rings is 1. The van der Waals surface area contributed by atoms with Crippen LogP contribution in [0, 0.1) is 19.3 Å². The molecule has 0 bridgehead atoms. The van der Waals surface area contributed by atoms with E-state index in [0.29, 0.717) is 22.4 Å². The summed E-state index contributed by atoms with van der Waals surface area (Å²) < 4.78 is 23.4. The molecule has 0 amide bonds. The van der Waals surface area contributed by atoms with Crippen LogP contribution in [0.15, 0.2) is 71.3 Å². The molecule has 5 aromatic rings. The molecule has 0 aliphatic heterocycles. The maximum atomic E-state index is 15.0. The highest BCUT2D eigenvalue weighted by molar-refractivity contribution is 6.14. The van der Waals surface area contributed by atoms with Crippen molar-refractivity contribution in [2.24, 2.45) is 7.05 Å². The van der Waals surface area contributed by atoms with Gasteiger partial charge in [-0.3, -0.25) is 0 Å². The number of aryl methyl sites for hydroxylation is 2. The molecule has 3 aromatic carbocycles. The van der Waals surface area contributed by atoms with Gasteiger partial charge in [0.2, 0.25) is 11.4 Å². The minimum Gasteiger partial charge on any atom is -0.466 e. The Bertz CT molecular complexity index is 1570. The SMILES string of the molecule is [C-]#[N+]c1c(-c2ccccc2)ccc2c1oc1c(-c3cc(F)c(C(C)C)c[n+]3C)c(C)ccc12. The van der Waals surface area contributed by atoms with Crippen LogP contribution in [0.4, 0.5) is 10.1 Å². The summed E-state index contributed by atoms with van der Waals surface area (Å²) in [6, 6.07) is 19.5. The first-order valence-electron chi connectivity index (χ1n) is 11.0. The molecule has 0 fully saturated rings. The Labute approximate surface area is 192 Å². The lowest BCUT2D eigenvalue weighted by Crippen LogP contribution is -2.32. The van der Waals surface area contributed by atoms with Gasteiger partial charge in [-0.1, -0.05) is 68.4 Å². The minimum atomic E-state index is -0.223. The number of hydrogen-bond donors (Lipinski definition) is 0. The number of hydrogen-bond acceptors (Lipinski definition) is 1. The standard InChI is InChI=1S/C29H24FN2O/c1-17(2)23-16-32(5)25(15-24(23)30)26-18(3)11-12-21-22-14-13-20(19-9-7-6-8-10-19)27(31-4)29(22)33-28(21)26/h6-17H,1-3,5H3/q+1. The molecule has 2 aromatic heterocycles. The second kappa shape index (κ2) is 7.86. The fourth-order valence-electron chi connectivity index (χ4n) is 4.59. The lowest BCUT2D eigenvalue weighted by Gasteiger charge is -2.09. The molecule has 4 heteroatoms. The van der Waals surface area contributed by atoms with Gasteiger partial charge in [0.05, 0.1) is 17.7 Å². The van der Waals surface area contributed by atoms with Crippen molar-refractivity contribution in [2.75, 3.05) is 0 Å². The third kappa shape index (κ3) is 3.29. The van der Waals surface area contributed by atoms with Gasteiger partial charge in [0.15, 0.2) is 6.20 Å². The molecule has 5 rings (SSSR count). The van der Waals surface area contributed by atoms with Gasteiger partial charge in [-0.25, -0.2) is 13.8 Å². The molecule has 33 heavy (non-hydrogen) atoms. The smallest absolute Gasteiger partial charge is 0.237 e. The predicted octanol–water partition coefficient (Wildman–Crippen LogP) is 7.87. The highest BCUT2D eigenvalue weighted by Crippen LogP contribution is 2.44. The molecule has 0 radical (unpaired) electrons. The summed E-state index contributed by atoms with van der Waals surface area (Å²) in [5.41, 5.74) is 6.80. The van der Waals surface area contributed by atoms with Crippen LogP contribution >= 0.6 is 0 Å². The molecule has 0 aliphatic rings. The second-order valence-corrected chi connectivity index (χ2v) is 8.78. The van der Waals surface area contributed by atoms with Gasteiger partial charge in [-0.05, 0) is 29.5 Å². The van der Waals surface area contributed by atoms with Gasteiger partial charge in [-0.2, -0.15) is 0 Å². The van der Waals surface area contributed by atoms with Crippen molar-refractivity contribution in [3.63, 3.8) is 0 Å². The zero-order valence-corrected chi connectivity index (χ0v) is 19.1. The van der Waals surface area contributed by atoms with Gasteiger partial charge < -0.3 is 4.42 Å². The topological polar surface area (TPSA) is 21.4 Å². The summed E-state index contributed by atoms with van der Waals surface area (Å²) in [5, 5.41) is 1.81. The van der Waals surface area contributed by atoms with E-state index < -0.39 is 0 Å². The van der Waals surface area contributed by atoms with Crippen LogP contribution in [0.1, 0.15) is 30.9 Å². The molecule has 3 nitrogen and oxygen atoms in total. The Morgan fingerprint density at radius 1 is 0.970 bits per heavy atom. The summed E-state index contributed by atoms with van der Waals surface area (Å²) in [7, 11) is 1.93. The lowest BCUT2D eigenvalue weighted by atomic mass is 9.97. The molecular weight excluding hydrogens is 411 g/mol. The normalized spacial score (nSPS) is 11.4. The average Bonchev–Trinajstić information content (AvgIpc) is 3.19. The van der Waals surface area contributed by atoms with Crippen LogP contribution in [-0.4, -0.2) is 0 Å². The monoisotopic (exact) mass is 435 g/mol. The number of furan rings is 1. The van der Waals surface area contributed by atoms with Crippen LogP contribution in [0.3, 0.4) is 0 Å². The third-order valence-electron chi connectivity index (χ3n) is 6.32. The summed E-state index contributed by atoms with van der Waals surface area (Å²) in [6.07, 6.45) is 1.86. The predicted molar refractivity (Wildman–Crippen MR) is 131 cm³/mol. The summed E-state index contributed by atoms with van der Waals surface area (Å²) in [5.74, 6) is -0.134. The molecule has 0 spiro atoms. The Morgan fingerprint density at radius 2 is 1.67 bits per heavy atom. The first-order chi connectivity index (χ1) is 15.9. The van der Waals surface area contributed by atoms with E-state index in [1.807, 2.05) is 93.2 Å².